The van der Waals surface area contributed by atoms with E-state index in [-0.39, 0.29) is 18.6 Å². The van der Waals surface area contributed by atoms with Crippen molar-refractivity contribution in [3.05, 3.63) is 46.2 Å². The highest BCUT2D eigenvalue weighted by Gasteiger charge is 2.18. The summed E-state index contributed by atoms with van der Waals surface area (Å²) < 4.78 is 5.66. The van der Waals surface area contributed by atoms with E-state index in [2.05, 4.69) is 33.8 Å². The molecule has 25 heavy (non-hydrogen) atoms. The Morgan fingerprint density at radius 1 is 1.20 bits per heavy atom. The molecule has 1 N–H and O–H groups in total. The summed E-state index contributed by atoms with van der Waals surface area (Å²) in [7, 11) is 0. The molecule has 0 atom stereocenters. The van der Waals surface area contributed by atoms with Crippen molar-refractivity contribution in [3.63, 3.8) is 0 Å². The topological polar surface area (TPSA) is 41.6 Å². The van der Waals surface area contributed by atoms with E-state index < -0.39 is 0 Å². The van der Waals surface area contributed by atoms with Crippen LogP contribution in [0.3, 0.4) is 0 Å². The lowest BCUT2D eigenvalue weighted by Crippen LogP contribution is -2.29. The van der Waals surface area contributed by atoms with Gasteiger partial charge in [0, 0.05) is 29.3 Å². The molecule has 0 radical (unpaired) electrons. The van der Waals surface area contributed by atoms with Crippen LogP contribution in [0.15, 0.2) is 35.7 Å². The molecule has 0 unspecified atom stereocenters. The third-order valence-electron chi connectivity index (χ3n) is 5.08. The average molecular weight is 356 g/mol. The predicted molar refractivity (Wildman–Crippen MR) is 102 cm³/mol. The van der Waals surface area contributed by atoms with Crippen molar-refractivity contribution in [1.29, 1.82) is 0 Å². The van der Waals surface area contributed by atoms with Crippen LogP contribution in [0.5, 0.6) is 0 Å². The number of ether oxygens (including phenoxy) is 1. The first-order chi connectivity index (χ1) is 12.3. The fourth-order valence-electron chi connectivity index (χ4n) is 3.67. The zero-order valence-electron chi connectivity index (χ0n) is 14.4. The number of hydrogen-bond donors (Lipinski definition) is 1. The smallest absolute Gasteiger partial charge is 0.250 e. The van der Waals surface area contributed by atoms with Crippen molar-refractivity contribution in [3.8, 4) is 0 Å². The maximum atomic E-state index is 12.0. The molecule has 4 rings (SSSR count). The van der Waals surface area contributed by atoms with Crippen LogP contribution >= 0.6 is 11.3 Å². The number of fused-ring (bicyclic) bond motifs is 1. The minimum Gasteiger partial charge on any atom is -0.368 e. The highest BCUT2D eigenvalue weighted by atomic mass is 32.1. The average Bonchev–Trinajstić information content (AvgIpc) is 3.31. The van der Waals surface area contributed by atoms with Gasteiger partial charge in [-0.25, -0.2) is 0 Å². The monoisotopic (exact) mass is 356 g/mol. The minimum absolute atomic E-state index is 0.0689. The third kappa shape index (κ3) is 4.05. The van der Waals surface area contributed by atoms with Gasteiger partial charge in [0.15, 0.2) is 0 Å². The van der Waals surface area contributed by atoms with Gasteiger partial charge in [0.25, 0.3) is 0 Å². The van der Waals surface area contributed by atoms with Crippen LogP contribution in [0, 0.1) is 0 Å². The van der Waals surface area contributed by atoms with Crippen molar-refractivity contribution in [2.24, 2.45) is 0 Å². The second kappa shape index (κ2) is 7.58. The highest BCUT2D eigenvalue weighted by Crippen LogP contribution is 2.28. The second-order valence-corrected chi connectivity index (χ2v) is 7.85. The number of rotatable bonds is 5. The van der Waals surface area contributed by atoms with Crippen molar-refractivity contribution in [2.75, 3.05) is 23.4 Å². The number of carbonyl (C=O) groups excluding carboxylic acids is 1. The quantitative estimate of drug-likeness (QED) is 0.873. The molecule has 1 aromatic carbocycles. The van der Waals surface area contributed by atoms with Crippen molar-refractivity contribution in [2.45, 2.75) is 44.8 Å². The zero-order valence-corrected chi connectivity index (χ0v) is 15.2. The molecule has 5 heteroatoms. The summed E-state index contributed by atoms with van der Waals surface area (Å²) in [6.45, 7) is 2.17. The molecule has 2 aliphatic rings. The van der Waals surface area contributed by atoms with Crippen LogP contribution in [0.4, 0.5) is 11.4 Å². The minimum atomic E-state index is -0.0689. The molecular weight excluding hydrogens is 332 g/mol. The van der Waals surface area contributed by atoms with Crippen molar-refractivity contribution in [1.82, 2.24) is 0 Å². The van der Waals surface area contributed by atoms with Gasteiger partial charge < -0.3 is 15.0 Å². The molecule has 1 aliphatic heterocycles. The largest absolute Gasteiger partial charge is 0.368 e. The SMILES string of the molecule is O=C(COC1CCCC1)Nc1ccc(N2CCc3sccc3C2)cc1. The van der Waals surface area contributed by atoms with Crippen LogP contribution in [-0.4, -0.2) is 25.2 Å². The Bertz CT molecular complexity index is 720. The Balaban J connectivity index is 1.30. The molecule has 1 saturated carbocycles. The predicted octanol–water partition coefficient (Wildman–Crippen LogP) is 4.21. The Labute approximate surface area is 152 Å². The second-order valence-electron chi connectivity index (χ2n) is 6.85. The van der Waals surface area contributed by atoms with E-state index in [1.807, 2.05) is 23.5 Å². The molecule has 0 bridgehead atoms. The normalized spacial score (nSPS) is 17.5. The number of anilines is 2. The molecule has 0 saturated heterocycles. The van der Waals surface area contributed by atoms with Gasteiger partial charge >= 0.3 is 0 Å². The molecule has 1 aromatic heterocycles. The van der Waals surface area contributed by atoms with Crippen LogP contribution in [-0.2, 0) is 22.5 Å². The standard InChI is InChI=1S/C20H24N2O2S/c23-20(14-24-18-3-1-2-4-18)21-16-5-7-17(8-6-16)22-11-9-19-15(13-22)10-12-25-19/h5-8,10,12,18H,1-4,9,11,13-14H2,(H,21,23). The van der Waals surface area contributed by atoms with Crippen LogP contribution in [0.2, 0.25) is 0 Å². The van der Waals surface area contributed by atoms with Crippen LogP contribution in [0.1, 0.15) is 36.1 Å². The summed E-state index contributed by atoms with van der Waals surface area (Å²) in [6.07, 6.45) is 6.00. The van der Waals surface area contributed by atoms with E-state index in [0.717, 1.165) is 38.0 Å². The Kier molecular flexibility index (Phi) is 5.04. The number of nitrogens with one attached hydrogen (secondary N) is 1. The maximum Gasteiger partial charge on any atom is 0.250 e. The van der Waals surface area contributed by atoms with Gasteiger partial charge in [0.1, 0.15) is 6.61 Å². The molecular formula is C20H24N2O2S. The van der Waals surface area contributed by atoms with E-state index >= 15 is 0 Å². The summed E-state index contributed by atoms with van der Waals surface area (Å²) in [5.74, 6) is -0.0689. The fraction of sp³-hybridized carbons (Fsp3) is 0.450. The molecule has 132 valence electrons. The number of carbonyl (C=O) groups is 1. The summed E-state index contributed by atoms with van der Waals surface area (Å²) >= 11 is 1.86. The zero-order chi connectivity index (χ0) is 17.1. The van der Waals surface area contributed by atoms with Gasteiger partial charge in [0.2, 0.25) is 5.91 Å². The van der Waals surface area contributed by atoms with Gasteiger partial charge in [0.05, 0.1) is 6.10 Å². The number of nitrogens with zero attached hydrogens (tertiary/aromatic N) is 1. The van der Waals surface area contributed by atoms with Crippen molar-refractivity contribution >= 4 is 28.6 Å². The summed E-state index contributed by atoms with van der Waals surface area (Å²) in [5, 5.41) is 5.11. The Hall–Kier alpha value is -1.85. The third-order valence-corrected chi connectivity index (χ3v) is 6.10. The Morgan fingerprint density at radius 2 is 2.00 bits per heavy atom. The van der Waals surface area contributed by atoms with E-state index in [9.17, 15) is 4.79 Å². The number of thiophene rings is 1. The van der Waals surface area contributed by atoms with E-state index in [1.54, 1.807) is 0 Å². The van der Waals surface area contributed by atoms with E-state index in [1.165, 1.54) is 29.0 Å². The van der Waals surface area contributed by atoms with E-state index in [0.29, 0.717) is 0 Å². The number of hydrogen-bond acceptors (Lipinski definition) is 4. The number of benzene rings is 1. The summed E-state index contributed by atoms with van der Waals surface area (Å²) in [4.78, 5) is 15.9. The molecule has 0 spiro atoms. The highest BCUT2D eigenvalue weighted by molar-refractivity contribution is 7.10. The lowest BCUT2D eigenvalue weighted by atomic mass is 10.1. The van der Waals surface area contributed by atoms with Gasteiger partial charge in [-0.2, -0.15) is 0 Å². The van der Waals surface area contributed by atoms with Crippen LogP contribution in [0.25, 0.3) is 0 Å². The van der Waals surface area contributed by atoms with Gasteiger partial charge in [-0.15, -0.1) is 11.3 Å². The summed E-state index contributed by atoms with van der Waals surface area (Å²) in [5.41, 5.74) is 3.48. The van der Waals surface area contributed by atoms with Gasteiger partial charge in [-0.3, -0.25) is 4.79 Å². The Morgan fingerprint density at radius 3 is 2.80 bits per heavy atom. The maximum absolute atomic E-state index is 12.0. The van der Waals surface area contributed by atoms with Crippen LogP contribution < -0.4 is 10.2 Å². The molecule has 1 fully saturated rings. The van der Waals surface area contributed by atoms with Gasteiger partial charge in [-0.1, -0.05) is 12.8 Å². The first-order valence-electron chi connectivity index (χ1n) is 9.09. The van der Waals surface area contributed by atoms with E-state index in [4.69, 9.17) is 4.74 Å². The molecule has 2 heterocycles. The fourth-order valence-corrected chi connectivity index (χ4v) is 4.56. The molecule has 1 aliphatic carbocycles. The molecule has 2 aromatic rings. The molecule has 4 nitrogen and oxygen atoms in total. The first-order valence-corrected chi connectivity index (χ1v) is 9.97. The van der Waals surface area contributed by atoms with Gasteiger partial charge in [-0.05, 0) is 60.5 Å². The molecule has 1 amide bonds. The first kappa shape index (κ1) is 16.6. The van der Waals surface area contributed by atoms with Crippen molar-refractivity contribution < 1.29 is 9.53 Å². The number of amides is 1. The lowest BCUT2D eigenvalue weighted by Gasteiger charge is -2.29. The summed E-state index contributed by atoms with van der Waals surface area (Å²) in [6, 6.07) is 10.4. The lowest BCUT2D eigenvalue weighted by molar-refractivity contribution is -0.122.